The fourth-order valence-corrected chi connectivity index (χ4v) is 7.32. The van der Waals surface area contributed by atoms with Crippen LogP contribution in [-0.2, 0) is 21.9 Å². The lowest BCUT2D eigenvalue weighted by molar-refractivity contribution is -0.132. The van der Waals surface area contributed by atoms with Gasteiger partial charge >= 0.3 is 5.91 Å². The molecule has 1 aromatic heterocycles. The molecular weight excluding hydrogens is 654 g/mol. The normalized spacial score (nSPS) is 15.6. The average Bonchev–Trinajstić information content (AvgIpc) is 3.66. The number of aromatic nitrogens is 2. The number of hydrogen-bond acceptors (Lipinski definition) is 9. The minimum Gasteiger partial charge on any atom is -0.507 e. The molecule has 0 spiro atoms. The first-order valence-corrected chi connectivity index (χ1v) is 17.0. The molecule has 1 unspecified atom stereocenters. The Morgan fingerprint density at radius 1 is 0.894 bits per heavy atom. The van der Waals surface area contributed by atoms with Gasteiger partial charge in [-0.15, -0.1) is 10.2 Å². The second-order valence-electron chi connectivity index (χ2n) is 10.6. The molecule has 1 atom stereocenters. The van der Waals surface area contributed by atoms with Crippen LogP contribution in [0.15, 0.2) is 107 Å². The van der Waals surface area contributed by atoms with E-state index in [1.54, 1.807) is 48.5 Å². The van der Waals surface area contributed by atoms with Crippen LogP contribution in [0, 0.1) is 6.92 Å². The third-order valence-corrected chi connectivity index (χ3v) is 10.1. The Hall–Kier alpha value is -4.64. The van der Waals surface area contributed by atoms with Gasteiger partial charge < -0.3 is 14.6 Å². The zero-order valence-corrected chi connectivity index (χ0v) is 27.9. The van der Waals surface area contributed by atoms with E-state index in [1.807, 2.05) is 62.4 Å². The highest BCUT2D eigenvalue weighted by Crippen LogP contribution is 2.44. The smallest absolute Gasteiger partial charge is 0.301 e. The molecule has 4 aromatic carbocycles. The number of ether oxygens (including phenoxy) is 2. The lowest BCUT2D eigenvalue weighted by Gasteiger charge is -2.22. The first-order chi connectivity index (χ1) is 22.8. The summed E-state index contributed by atoms with van der Waals surface area (Å²) in [6.45, 7) is 4.79. The van der Waals surface area contributed by atoms with Gasteiger partial charge in [-0.25, -0.2) is 0 Å². The summed E-state index contributed by atoms with van der Waals surface area (Å²) in [7, 11) is 0. The van der Waals surface area contributed by atoms with Crippen LogP contribution in [0.4, 0.5) is 5.13 Å². The molecule has 1 amide bonds. The maximum atomic E-state index is 13.6. The first-order valence-electron chi connectivity index (χ1n) is 14.8. The van der Waals surface area contributed by atoms with Crippen molar-refractivity contribution in [2.45, 2.75) is 36.6 Å². The van der Waals surface area contributed by atoms with E-state index in [0.29, 0.717) is 51.0 Å². The molecule has 1 aliphatic heterocycles. The van der Waals surface area contributed by atoms with E-state index in [-0.39, 0.29) is 16.5 Å². The van der Waals surface area contributed by atoms with E-state index in [4.69, 9.17) is 21.1 Å². The van der Waals surface area contributed by atoms with Gasteiger partial charge in [0.25, 0.3) is 5.78 Å². The monoisotopic (exact) mass is 683 g/mol. The van der Waals surface area contributed by atoms with Crippen molar-refractivity contribution in [3.8, 4) is 11.5 Å². The van der Waals surface area contributed by atoms with E-state index < -0.39 is 17.7 Å². The van der Waals surface area contributed by atoms with Crippen LogP contribution in [0.3, 0.4) is 0 Å². The Morgan fingerprint density at radius 3 is 2.26 bits per heavy atom. The van der Waals surface area contributed by atoms with Crippen molar-refractivity contribution < 1.29 is 24.2 Å². The molecule has 0 aliphatic carbocycles. The second-order valence-corrected chi connectivity index (χ2v) is 13.2. The molecule has 238 valence electrons. The van der Waals surface area contributed by atoms with E-state index >= 15 is 0 Å². The van der Waals surface area contributed by atoms with Crippen LogP contribution in [0.5, 0.6) is 11.5 Å². The van der Waals surface area contributed by atoms with Crippen LogP contribution in [-0.4, -0.2) is 33.6 Å². The van der Waals surface area contributed by atoms with Crippen molar-refractivity contribution in [1.29, 1.82) is 0 Å². The predicted molar refractivity (Wildman–Crippen MR) is 185 cm³/mol. The van der Waals surface area contributed by atoms with E-state index in [0.717, 1.165) is 16.7 Å². The van der Waals surface area contributed by atoms with Crippen LogP contribution in [0.25, 0.3) is 5.76 Å². The number of halogens is 1. The fourth-order valence-electron chi connectivity index (χ4n) is 5.17. The van der Waals surface area contributed by atoms with E-state index in [9.17, 15) is 14.7 Å². The Balaban J connectivity index is 1.31. The molecule has 1 N–H and O–H groups in total. The highest BCUT2D eigenvalue weighted by molar-refractivity contribution is 8.00. The molecule has 1 fully saturated rings. The van der Waals surface area contributed by atoms with Gasteiger partial charge in [0.15, 0.2) is 4.34 Å². The average molecular weight is 684 g/mol. The van der Waals surface area contributed by atoms with Gasteiger partial charge in [0.05, 0.1) is 18.2 Å². The van der Waals surface area contributed by atoms with Gasteiger partial charge in [0, 0.05) is 16.3 Å². The highest BCUT2D eigenvalue weighted by Gasteiger charge is 2.48. The standard InChI is InChI=1S/C36H30ClN3O5S2/c1-3-44-27-16-12-23(13-17-27)31-30(32(41)24-14-18-28(19-15-24)45-20-25-9-5-4-8-22(25)2)33(42)34(43)40(31)35-38-39-36(47-35)46-21-26-10-6-7-11-29(26)37/h4-19,31,41H,3,20-21H2,1-2H3. The van der Waals surface area contributed by atoms with Gasteiger partial charge in [-0.1, -0.05) is 89.3 Å². The van der Waals surface area contributed by atoms with Crippen molar-refractivity contribution in [3.63, 3.8) is 0 Å². The van der Waals surface area contributed by atoms with Crippen molar-refractivity contribution >= 4 is 57.3 Å². The molecule has 8 nitrogen and oxygen atoms in total. The summed E-state index contributed by atoms with van der Waals surface area (Å²) in [5, 5.41) is 21.1. The number of aliphatic hydroxyl groups is 1. The molecule has 47 heavy (non-hydrogen) atoms. The third-order valence-electron chi connectivity index (χ3n) is 7.65. The third kappa shape index (κ3) is 7.05. The zero-order valence-electron chi connectivity index (χ0n) is 25.6. The summed E-state index contributed by atoms with van der Waals surface area (Å²) < 4.78 is 12.2. The molecule has 6 rings (SSSR count). The number of amides is 1. The number of aryl methyl sites for hydroxylation is 1. The molecule has 2 heterocycles. The number of anilines is 1. The molecule has 11 heteroatoms. The molecule has 1 saturated heterocycles. The maximum absolute atomic E-state index is 13.6. The number of ketones is 1. The van der Waals surface area contributed by atoms with Crippen molar-refractivity contribution in [2.24, 2.45) is 0 Å². The number of carbonyl (C=O) groups excluding carboxylic acids is 2. The summed E-state index contributed by atoms with van der Waals surface area (Å²) in [6.07, 6.45) is 0. The quantitative estimate of drug-likeness (QED) is 0.0487. The number of rotatable bonds is 11. The second kappa shape index (κ2) is 14.4. The van der Waals surface area contributed by atoms with Crippen LogP contribution >= 0.6 is 34.7 Å². The number of hydrogen-bond donors (Lipinski definition) is 1. The first kappa shape index (κ1) is 32.3. The van der Waals surface area contributed by atoms with E-state index in [1.165, 1.54) is 28.0 Å². The van der Waals surface area contributed by atoms with Gasteiger partial charge in [-0.05, 0) is 78.6 Å². The van der Waals surface area contributed by atoms with Crippen molar-refractivity contribution in [3.05, 3.63) is 135 Å². The van der Waals surface area contributed by atoms with Gasteiger partial charge in [-0.3, -0.25) is 14.5 Å². The maximum Gasteiger partial charge on any atom is 0.301 e. The molecular formula is C36H30ClN3O5S2. The number of aliphatic hydroxyl groups excluding tert-OH is 1. The number of benzene rings is 4. The molecule has 0 saturated carbocycles. The van der Waals surface area contributed by atoms with Gasteiger partial charge in [0.2, 0.25) is 5.13 Å². The fraction of sp³-hybridized carbons (Fsp3) is 0.167. The summed E-state index contributed by atoms with van der Waals surface area (Å²) in [5.41, 5.74) is 4.06. The summed E-state index contributed by atoms with van der Waals surface area (Å²) in [4.78, 5) is 28.6. The molecule has 0 bridgehead atoms. The minimum absolute atomic E-state index is 0.0480. The van der Waals surface area contributed by atoms with Crippen LogP contribution in [0.1, 0.15) is 40.8 Å². The summed E-state index contributed by atoms with van der Waals surface area (Å²) in [6, 6.07) is 28.4. The van der Waals surface area contributed by atoms with Crippen LogP contribution < -0.4 is 14.4 Å². The SMILES string of the molecule is CCOc1ccc(C2C(=C(O)c3ccc(OCc4ccccc4C)cc3)C(=O)C(=O)N2c2nnc(SCc3ccccc3Cl)s2)cc1. The van der Waals surface area contributed by atoms with Crippen molar-refractivity contribution in [2.75, 3.05) is 11.5 Å². The topological polar surface area (TPSA) is 102 Å². The highest BCUT2D eigenvalue weighted by atomic mass is 35.5. The predicted octanol–water partition coefficient (Wildman–Crippen LogP) is 8.40. The van der Waals surface area contributed by atoms with Crippen LogP contribution in [0.2, 0.25) is 5.02 Å². The summed E-state index contributed by atoms with van der Waals surface area (Å²) in [5.74, 6) is -0.120. The number of nitrogens with zero attached hydrogens (tertiary/aromatic N) is 3. The Labute approximate surface area is 285 Å². The lowest BCUT2D eigenvalue weighted by Crippen LogP contribution is -2.29. The van der Waals surface area contributed by atoms with Gasteiger partial charge in [0.1, 0.15) is 23.9 Å². The summed E-state index contributed by atoms with van der Waals surface area (Å²) >= 11 is 8.94. The Kier molecular flexibility index (Phi) is 9.91. The van der Waals surface area contributed by atoms with Crippen molar-refractivity contribution in [1.82, 2.24) is 10.2 Å². The zero-order chi connectivity index (χ0) is 32.9. The Morgan fingerprint density at radius 2 is 1.55 bits per heavy atom. The molecule has 5 aromatic rings. The largest absolute Gasteiger partial charge is 0.507 e. The number of Topliss-reactive ketones (excluding diaryl/α,β-unsaturated/α-hetero) is 1. The minimum atomic E-state index is -0.947. The number of carbonyl (C=O) groups is 2. The Bertz CT molecular complexity index is 1940. The lowest BCUT2D eigenvalue weighted by atomic mass is 9.95. The van der Waals surface area contributed by atoms with Gasteiger partial charge in [-0.2, -0.15) is 0 Å². The molecule has 0 radical (unpaired) electrons. The van der Waals surface area contributed by atoms with E-state index in [2.05, 4.69) is 10.2 Å². The number of thioether (sulfide) groups is 1. The molecule has 1 aliphatic rings.